The van der Waals surface area contributed by atoms with Gasteiger partial charge in [-0.25, -0.2) is 0 Å². The molecule has 1 aromatic rings. The summed E-state index contributed by atoms with van der Waals surface area (Å²) in [5.41, 5.74) is -1.16. The Morgan fingerprint density at radius 1 is 1.44 bits per heavy atom. The Bertz CT molecular complexity index is 533. The molecule has 0 aliphatic carbocycles. The van der Waals surface area contributed by atoms with Crippen LogP contribution in [0.5, 0.6) is 0 Å². The van der Waals surface area contributed by atoms with Crippen molar-refractivity contribution in [1.82, 2.24) is 9.88 Å². The number of nitro groups is 1. The van der Waals surface area contributed by atoms with Gasteiger partial charge in [-0.3, -0.25) is 19.7 Å². The lowest BCUT2D eigenvalue weighted by molar-refractivity contribution is -0.385. The summed E-state index contributed by atoms with van der Waals surface area (Å²) in [6, 6.07) is 0.997. The van der Waals surface area contributed by atoms with Gasteiger partial charge in [0, 0.05) is 19.2 Å². The Hall–Kier alpha value is -2.22. The Balaban J connectivity index is 2.31. The lowest BCUT2D eigenvalue weighted by Gasteiger charge is -2.26. The van der Waals surface area contributed by atoms with Crippen LogP contribution in [0.2, 0.25) is 0 Å². The largest absolute Gasteiger partial charge is 0.378 e. The predicted molar refractivity (Wildman–Crippen MR) is 60.4 cm³/mol. The maximum absolute atomic E-state index is 12.0. The number of carbonyl (C=O) groups is 1. The van der Waals surface area contributed by atoms with Crippen molar-refractivity contribution in [3.63, 3.8) is 0 Å². The van der Waals surface area contributed by atoms with Crippen LogP contribution in [-0.2, 0) is 4.74 Å². The van der Waals surface area contributed by atoms with Crippen LogP contribution in [0.4, 0.5) is 5.69 Å². The van der Waals surface area contributed by atoms with Crippen LogP contribution in [0.15, 0.2) is 17.1 Å². The van der Waals surface area contributed by atoms with Crippen molar-refractivity contribution in [3.05, 3.63) is 38.3 Å². The molecule has 96 valence electrons. The number of H-pyrrole nitrogens is 1. The molecule has 8 nitrogen and oxygen atoms in total. The fourth-order valence-electron chi connectivity index (χ4n) is 1.67. The molecule has 18 heavy (non-hydrogen) atoms. The van der Waals surface area contributed by atoms with E-state index in [0.29, 0.717) is 26.3 Å². The number of nitrogens with one attached hydrogen (secondary N) is 1. The van der Waals surface area contributed by atoms with E-state index in [9.17, 15) is 19.7 Å². The summed E-state index contributed by atoms with van der Waals surface area (Å²) >= 11 is 0. The monoisotopic (exact) mass is 253 g/mol. The molecule has 0 radical (unpaired) electrons. The summed E-state index contributed by atoms with van der Waals surface area (Å²) in [5.74, 6) is -0.511. The summed E-state index contributed by atoms with van der Waals surface area (Å²) in [7, 11) is 0. The third kappa shape index (κ3) is 2.38. The van der Waals surface area contributed by atoms with Gasteiger partial charge >= 0.3 is 0 Å². The van der Waals surface area contributed by atoms with E-state index in [2.05, 4.69) is 4.98 Å². The Labute approximate surface area is 101 Å². The average Bonchev–Trinajstić information content (AvgIpc) is 2.39. The van der Waals surface area contributed by atoms with Crippen molar-refractivity contribution in [2.75, 3.05) is 26.3 Å². The first kappa shape index (κ1) is 12.2. The van der Waals surface area contributed by atoms with Crippen molar-refractivity contribution < 1.29 is 14.5 Å². The molecule has 0 aromatic carbocycles. The van der Waals surface area contributed by atoms with Crippen molar-refractivity contribution in [2.45, 2.75) is 0 Å². The minimum absolute atomic E-state index is 0.217. The smallest absolute Gasteiger partial charge is 0.286 e. The number of ether oxygens (including phenoxy) is 1. The number of rotatable bonds is 2. The highest BCUT2D eigenvalue weighted by Crippen LogP contribution is 2.11. The van der Waals surface area contributed by atoms with Gasteiger partial charge in [-0.15, -0.1) is 0 Å². The molecule has 1 fully saturated rings. The second-order valence-corrected chi connectivity index (χ2v) is 3.76. The molecule has 2 heterocycles. The molecule has 0 bridgehead atoms. The van der Waals surface area contributed by atoms with Gasteiger partial charge in [-0.1, -0.05) is 0 Å². The maximum Gasteiger partial charge on any atom is 0.286 e. The lowest BCUT2D eigenvalue weighted by Crippen LogP contribution is -2.42. The highest BCUT2D eigenvalue weighted by molar-refractivity contribution is 5.94. The molecule has 2 rings (SSSR count). The number of aromatic nitrogens is 1. The predicted octanol–water partition coefficient (Wildman–Crippen LogP) is -0.245. The standard InChI is InChI=1S/C10H11N3O5/c14-9-8(5-7(6-11-9)13(16)17)10(15)12-1-3-18-4-2-12/h5-6H,1-4H2,(H,11,14). The highest BCUT2D eigenvalue weighted by atomic mass is 16.6. The zero-order valence-corrected chi connectivity index (χ0v) is 9.42. The molecule has 1 N–H and O–H groups in total. The first-order chi connectivity index (χ1) is 8.59. The second-order valence-electron chi connectivity index (χ2n) is 3.76. The maximum atomic E-state index is 12.0. The SMILES string of the molecule is O=C(c1cc([N+](=O)[O-])c[nH]c1=O)N1CCOCC1. The Morgan fingerprint density at radius 2 is 2.11 bits per heavy atom. The fraction of sp³-hybridized carbons (Fsp3) is 0.400. The zero-order valence-electron chi connectivity index (χ0n) is 9.42. The molecule has 0 atom stereocenters. The van der Waals surface area contributed by atoms with E-state index in [0.717, 1.165) is 12.3 Å². The van der Waals surface area contributed by atoms with Crippen molar-refractivity contribution in [2.24, 2.45) is 0 Å². The number of carbonyl (C=O) groups excluding carboxylic acids is 1. The number of aromatic amines is 1. The van der Waals surface area contributed by atoms with Gasteiger partial charge in [0.05, 0.1) is 24.3 Å². The van der Waals surface area contributed by atoms with Crippen LogP contribution in [0.1, 0.15) is 10.4 Å². The molecule has 0 saturated carbocycles. The summed E-state index contributed by atoms with van der Waals surface area (Å²) in [4.78, 5) is 37.1. The van der Waals surface area contributed by atoms with Gasteiger partial charge < -0.3 is 14.6 Å². The van der Waals surface area contributed by atoms with Gasteiger partial charge in [-0.2, -0.15) is 0 Å². The Kier molecular flexibility index (Phi) is 3.38. The first-order valence-corrected chi connectivity index (χ1v) is 5.34. The van der Waals surface area contributed by atoms with Crippen molar-refractivity contribution in [3.8, 4) is 0 Å². The molecule has 0 unspecified atom stereocenters. The first-order valence-electron chi connectivity index (χ1n) is 5.34. The third-order valence-electron chi connectivity index (χ3n) is 2.63. The molecule has 1 aliphatic rings. The highest BCUT2D eigenvalue weighted by Gasteiger charge is 2.23. The van der Waals surface area contributed by atoms with Crippen LogP contribution < -0.4 is 5.56 Å². The minimum Gasteiger partial charge on any atom is -0.378 e. The van der Waals surface area contributed by atoms with Gasteiger partial charge in [0.2, 0.25) is 0 Å². The average molecular weight is 253 g/mol. The topological polar surface area (TPSA) is 106 Å². The van der Waals surface area contributed by atoms with E-state index in [1.165, 1.54) is 4.90 Å². The number of morpholine rings is 1. The Morgan fingerprint density at radius 3 is 2.72 bits per heavy atom. The van der Waals surface area contributed by atoms with Crippen molar-refractivity contribution in [1.29, 1.82) is 0 Å². The quantitative estimate of drug-likeness (QED) is 0.578. The van der Waals surface area contributed by atoms with Crippen LogP contribution in [0.3, 0.4) is 0 Å². The van der Waals surface area contributed by atoms with Crippen LogP contribution in [0, 0.1) is 10.1 Å². The fourth-order valence-corrected chi connectivity index (χ4v) is 1.67. The van der Waals surface area contributed by atoms with Gasteiger partial charge in [0.1, 0.15) is 5.56 Å². The molecule has 1 amide bonds. The molecule has 0 spiro atoms. The zero-order chi connectivity index (χ0) is 13.1. The molecular formula is C10H11N3O5. The molecule has 8 heteroatoms. The molecule has 1 aromatic heterocycles. The lowest BCUT2D eigenvalue weighted by atomic mass is 10.2. The summed E-state index contributed by atoms with van der Waals surface area (Å²) in [5, 5.41) is 10.6. The number of hydrogen-bond donors (Lipinski definition) is 1. The van der Waals surface area contributed by atoms with Crippen LogP contribution in [-0.4, -0.2) is 47.0 Å². The molecule has 1 saturated heterocycles. The number of nitrogens with zero attached hydrogens (tertiary/aromatic N) is 2. The van der Waals surface area contributed by atoms with Gasteiger partial charge in [-0.05, 0) is 0 Å². The van der Waals surface area contributed by atoms with Crippen molar-refractivity contribution >= 4 is 11.6 Å². The van der Waals surface area contributed by atoms with E-state index in [4.69, 9.17) is 4.74 Å². The number of amides is 1. The number of pyridine rings is 1. The summed E-state index contributed by atoms with van der Waals surface area (Å²) in [6.45, 7) is 1.55. The second kappa shape index (κ2) is 4.96. The van der Waals surface area contributed by atoms with E-state index >= 15 is 0 Å². The van der Waals surface area contributed by atoms with E-state index in [-0.39, 0.29) is 11.3 Å². The third-order valence-corrected chi connectivity index (χ3v) is 2.63. The van der Waals surface area contributed by atoms with E-state index < -0.39 is 16.4 Å². The van der Waals surface area contributed by atoms with Crippen LogP contribution in [0.25, 0.3) is 0 Å². The van der Waals surface area contributed by atoms with Gasteiger partial charge in [0.25, 0.3) is 17.2 Å². The van der Waals surface area contributed by atoms with E-state index in [1.54, 1.807) is 0 Å². The molecule has 1 aliphatic heterocycles. The summed E-state index contributed by atoms with van der Waals surface area (Å²) < 4.78 is 5.09. The minimum atomic E-state index is -0.661. The van der Waals surface area contributed by atoms with Crippen LogP contribution >= 0.6 is 0 Å². The summed E-state index contributed by atoms with van der Waals surface area (Å²) in [6.07, 6.45) is 0.971. The van der Waals surface area contributed by atoms with Gasteiger partial charge in [0.15, 0.2) is 0 Å². The number of hydrogen-bond acceptors (Lipinski definition) is 5. The van der Waals surface area contributed by atoms with E-state index in [1.807, 2.05) is 0 Å². The molecular weight excluding hydrogens is 242 g/mol. The normalized spacial score (nSPS) is 15.4.